The van der Waals surface area contributed by atoms with E-state index in [0.717, 1.165) is 100 Å². The van der Waals surface area contributed by atoms with Gasteiger partial charge in [-0.15, -0.1) is 0 Å². The van der Waals surface area contributed by atoms with Crippen LogP contribution in [0.3, 0.4) is 0 Å². The Bertz CT molecular complexity index is 1390. The standard InChI is InChI=1S/C34H45N7O3/c35-32(43)34-17-22-15-23(18-34)31(24(16-22)19-34)37-33(44)41-14-13-40(28-3-1-2-4-29(28)41)30-6-5-26(20-36-30)38-10-7-25(8-11-38)39-12-9-27(42)21-39/h1-6,20,22-25,27,31,42H,7-19,21H2,(H2,35,43)(H,37,44)/t22?,23?,24?,27-,31?,34?/m0/s1. The summed E-state index contributed by atoms with van der Waals surface area (Å²) >= 11 is 0. The minimum absolute atomic E-state index is 0.0437. The molecule has 10 nitrogen and oxygen atoms in total. The van der Waals surface area contributed by atoms with Crippen molar-refractivity contribution < 1.29 is 14.7 Å². The van der Waals surface area contributed by atoms with E-state index < -0.39 is 0 Å². The first-order valence-electron chi connectivity index (χ1n) is 16.7. The fourth-order valence-electron chi connectivity index (χ4n) is 9.91. The zero-order valence-electron chi connectivity index (χ0n) is 25.5. The molecule has 3 aliphatic heterocycles. The molecule has 9 rings (SSSR count). The average molecular weight is 600 g/mol. The van der Waals surface area contributed by atoms with Gasteiger partial charge in [0, 0.05) is 56.8 Å². The number of amides is 3. The van der Waals surface area contributed by atoms with Crippen LogP contribution in [0.25, 0.3) is 0 Å². The van der Waals surface area contributed by atoms with Crippen LogP contribution in [0.15, 0.2) is 42.6 Å². The number of rotatable bonds is 5. The van der Waals surface area contributed by atoms with E-state index in [9.17, 15) is 14.7 Å². The van der Waals surface area contributed by atoms with Gasteiger partial charge in [-0.3, -0.25) is 14.6 Å². The molecule has 3 atom stereocenters. The van der Waals surface area contributed by atoms with Crippen molar-refractivity contribution >= 4 is 34.8 Å². The topological polar surface area (TPSA) is 118 Å². The van der Waals surface area contributed by atoms with Crippen LogP contribution >= 0.6 is 0 Å². The Morgan fingerprint density at radius 2 is 1.66 bits per heavy atom. The van der Waals surface area contributed by atoms with Crippen molar-refractivity contribution in [2.45, 2.75) is 69.6 Å². The van der Waals surface area contributed by atoms with E-state index in [4.69, 9.17) is 10.7 Å². The van der Waals surface area contributed by atoms with Gasteiger partial charge in [-0.2, -0.15) is 0 Å². The Balaban J connectivity index is 0.934. The molecule has 1 aromatic carbocycles. The van der Waals surface area contributed by atoms with E-state index in [2.05, 4.69) is 38.2 Å². The predicted octanol–water partition coefficient (Wildman–Crippen LogP) is 3.46. The molecule has 7 aliphatic rings. The van der Waals surface area contributed by atoms with Gasteiger partial charge >= 0.3 is 6.03 Å². The number of fused-ring (bicyclic) bond motifs is 1. The Morgan fingerprint density at radius 1 is 0.909 bits per heavy atom. The molecule has 2 aromatic rings. The van der Waals surface area contributed by atoms with Gasteiger partial charge in [-0.1, -0.05) is 12.1 Å². The highest BCUT2D eigenvalue weighted by molar-refractivity contribution is 5.98. The van der Waals surface area contributed by atoms with E-state index in [1.807, 2.05) is 29.3 Å². The number of hydrogen-bond donors (Lipinski definition) is 3. The SMILES string of the molecule is NC(=O)C12CC3CC(C1)C(NC(=O)N1CCN(c4ccc(N5CCC(N6CC[C@H](O)C6)CC5)cn4)c4ccccc41)C(C3)C2. The second-order valence-corrected chi connectivity index (χ2v) is 14.4. The van der Waals surface area contributed by atoms with E-state index in [1.54, 1.807) is 0 Å². The summed E-state index contributed by atoms with van der Waals surface area (Å²) in [6, 6.07) is 13.0. The van der Waals surface area contributed by atoms with Crippen LogP contribution in [0, 0.1) is 23.2 Å². The monoisotopic (exact) mass is 599 g/mol. The Hall–Kier alpha value is -3.37. The fraction of sp³-hybridized carbons (Fsp3) is 0.618. The number of urea groups is 1. The number of para-hydroxylation sites is 2. The van der Waals surface area contributed by atoms with E-state index in [0.29, 0.717) is 36.9 Å². The molecule has 0 spiro atoms. The van der Waals surface area contributed by atoms with Gasteiger partial charge in [-0.25, -0.2) is 9.78 Å². The molecule has 2 saturated heterocycles. The first kappa shape index (κ1) is 28.1. The molecular formula is C34H45N7O3. The molecule has 44 heavy (non-hydrogen) atoms. The zero-order chi connectivity index (χ0) is 30.0. The number of aromatic nitrogens is 1. The number of nitrogens with one attached hydrogen (secondary N) is 1. The molecule has 2 unspecified atom stereocenters. The third-order valence-corrected chi connectivity index (χ3v) is 11.9. The molecule has 234 valence electrons. The molecule has 3 amide bonds. The highest BCUT2D eigenvalue weighted by Crippen LogP contribution is 2.60. The van der Waals surface area contributed by atoms with Crippen molar-refractivity contribution in [3.8, 4) is 0 Å². The first-order valence-corrected chi connectivity index (χ1v) is 16.7. The van der Waals surface area contributed by atoms with Crippen LogP contribution in [0.2, 0.25) is 0 Å². The molecule has 4 saturated carbocycles. The van der Waals surface area contributed by atoms with E-state index >= 15 is 0 Å². The number of likely N-dealkylation sites (tertiary alicyclic amines) is 1. The van der Waals surface area contributed by atoms with Crippen LogP contribution in [0.4, 0.5) is 27.7 Å². The molecule has 0 radical (unpaired) electrons. The highest BCUT2D eigenvalue weighted by Gasteiger charge is 2.58. The second kappa shape index (κ2) is 10.9. The van der Waals surface area contributed by atoms with Crippen molar-refractivity contribution in [3.63, 3.8) is 0 Å². The second-order valence-electron chi connectivity index (χ2n) is 14.4. The zero-order valence-corrected chi connectivity index (χ0v) is 25.5. The lowest BCUT2D eigenvalue weighted by Crippen LogP contribution is -2.63. The van der Waals surface area contributed by atoms with E-state index in [1.165, 1.54) is 0 Å². The number of primary amides is 1. The van der Waals surface area contributed by atoms with Crippen LogP contribution in [0.1, 0.15) is 51.4 Å². The van der Waals surface area contributed by atoms with Gasteiger partial charge in [0.2, 0.25) is 5.91 Å². The number of aliphatic hydroxyl groups excluding tert-OH is 1. The van der Waals surface area contributed by atoms with Crippen molar-refractivity contribution in [2.24, 2.45) is 28.9 Å². The number of benzene rings is 1. The summed E-state index contributed by atoms with van der Waals surface area (Å²) in [6.45, 7) is 5.06. The van der Waals surface area contributed by atoms with Crippen LogP contribution in [-0.2, 0) is 4.79 Å². The molecular weight excluding hydrogens is 554 g/mol. The van der Waals surface area contributed by atoms with Gasteiger partial charge in [0.25, 0.3) is 0 Å². The summed E-state index contributed by atoms with van der Waals surface area (Å²) in [5.41, 5.74) is 8.57. The summed E-state index contributed by atoms with van der Waals surface area (Å²) in [7, 11) is 0. The first-order chi connectivity index (χ1) is 21.4. The maximum atomic E-state index is 13.8. The molecule has 10 heteroatoms. The van der Waals surface area contributed by atoms with Gasteiger partial charge in [0.05, 0.1) is 29.4 Å². The molecule has 4 heterocycles. The third-order valence-electron chi connectivity index (χ3n) is 11.9. The van der Waals surface area contributed by atoms with Gasteiger partial charge in [0.15, 0.2) is 0 Å². The molecule has 1 aromatic heterocycles. The fourth-order valence-corrected chi connectivity index (χ4v) is 9.91. The number of anilines is 4. The summed E-state index contributed by atoms with van der Waals surface area (Å²) < 4.78 is 0. The summed E-state index contributed by atoms with van der Waals surface area (Å²) in [6.07, 6.45) is 9.68. The summed E-state index contributed by atoms with van der Waals surface area (Å²) in [5.74, 6) is 1.97. The Kier molecular flexibility index (Phi) is 6.97. The highest BCUT2D eigenvalue weighted by atomic mass is 16.3. The van der Waals surface area contributed by atoms with Crippen LogP contribution < -0.4 is 25.8 Å². The number of carbonyl (C=O) groups is 2. The minimum Gasteiger partial charge on any atom is -0.392 e. The maximum Gasteiger partial charge on any atom is 0.322 e. The number of nitrogens with two attached hydrogens (primary N) is 1. The normalized spacial score (nSPS) is 33.5. The van der Waals surface area contributed by atoms with Crippen molar-refractivity contribution in [1.29, 1.82) is 0 Å². The quantitative estimate of drug-likeness (QED) is 0.482. The van der Waals surface area contributed by atoms with Gasteiger partial charge < -0.3 is 26.0 Å². The summed E-state index contributed by atoms with van der Waals surface area (Å²) in [4.78, 5) is 40.1. The van der Waals surface area contributed by atoms with E-state index in [-0.39, 0.29) is 29.5 Å². The minimum atomic E-state index is -0.354. The van der Waals surface area contributed by atoms with Crippen LogP contribution in [-0.4, -0.2) is 84.4 Å². The molecule has 4 bridgehead atoms. The maximum absolute atomic E-state index is 13.8. The predicted molar refractivity (Wildman–Crippen MR) is 170 cm³/mol. The number of β-amino-alcohol motifs (C(OH)–C–C–N with tert-alkyl or cyclic N) is 1. The van der Waals surface area contributed by atoms with Gasteiger partial charge in [-0.05, 0) is 93.4 Å². The molecule has 4 aliphatic carbocycles. The Morgan fingerprint density at radius 3 is 2.32 bits per heavy atom. The third kappa shape index (κ3) is 4.81. The molecule has 4 N–H and O–H groups in total. The molecule has 6 fully saturated rings. The number of aliphatic hydroxyl groups is 1. The average Bonchev–Trinajstić information content (AvgIpc) is 3.48. The van der Waals surface area contributed by atoms with Crippen LogP contribution in [0.5, 0.6) is 0 Å². The largest absolute Gasteiger partial charge is 0.392 e. The van der Waals surface area contributed by atoms with Crippen molar-refractivity contribution in [3.05, 3.63) is 42.6 Å². The number of piperidine rings is 1. The number of hydrogen-bond acceptors (Lipinski definition) is 7. The number of pyridine rings is 1. The lowest BCUT2D eigenvalue weighted by atomic mass is 9.47. The van der Waals surface area contributed by atoms with Crippen molar-refractivity contribution in [2.75, 3.05) is 54.0 Å². The number of carbonyl (C=O) groups excluding carboxylic acids is 2. The van der Waals surface area contributed by atoms with Gasteiger partial charge in [0.1, 0.15) is 5.82 Å². The lowest BCUT2D eigenvalue weighted by Gasteiger charge is -2.59. The lowest BCUT2D eigenvalue weighted by molar-refractivity contribution is -0.145. The van der Waals surface area contributed by atoms with Crippen molar-refractivity contribution in [1.82, 2.24) is 15.2 Å². The Labute approximate surface area is 259 Å². The number of nitrogens with zero attached hydrogens (tertiary/aromatic N) is 5. The smallest absolute Gasteiger partial charge is 0.322 e. The summed E-state index contributed by atoms with van der Waals surface area (Å²) in [5, 5.41) is 13.4.